The molecule has 1 amide bonds. The van der Waals surface area contributed by atoms with E-state index in [0.29, 0.717) is 18.6 Å². The number of amides is 1. The highest BCUT2D eigenvalue weighted by molar-refractivity contribution is 5.91. The summed E-state index contributed by atoms with van der Waals surface area (Å²) in [7, 11) is 0. The monoisotopic (exact) mass is 321 g/mol. The summed E-state index contributed by atoms with van der Waals surface area (Å²) in [6, 6.07) is 17.0. The average Bonchev–Trinajstić information content (AvgIpc) is 3.00. The topological polar surface area (TPSA) is 55.4 Å². The molecule has 0 spiro atoms. The van der Waals surface area contributed by atoms with Gasteiger partial charge in [-0.2, -0.15) is 0 Å². The average molecular weight is 321 g/mol. The summed E-state index contributed by atoms with van der Waals surface area (Å²) >= 11 is 0. The summed E-state index contributed by atoms with van der Waals surface area (Å²) in [5.74, 6) is 1.52. The Bertz CT molecular complexity index is 752. The van der Waals surface area contributed by atoms with Gasteiger partial charge in [-0.3, -0.25) is 9.59 Å². The van der Waals surface area contributed by atoms with Gasteiger partial charge < -0.3 is 10.1 Å². The zero-order chi connectivity index (χ0) is 16.8. The molecule has 0 bridgehead atoms. The number of ketones is 1. The van der Waals surface area contributed by atoms with Crippen molar-refractivity contribution in [3.8, 4) is 11.5 Å². The van der Waals surface area contributed by atoms with Gasteiger partial charge in [0, 0.05) is 18.9 Å². The first-order valence-corrected chi connectivity index (χ1v) is 8.01. The van der Waals surface area contributed by atoms with Gasteiger partial charge in [-0.15, -0.1) is 0 Å². The van der Waals surface area contributed by atoms with Crippen molar-refractivity contribution >= 4 is 11.7 Å². The molecule has 2 aromatic rings. The number of hydrogen-bond donors (Lipinski definition) is 1. The molecule has 122 valence electrons. The van der Waals surface area contributed by atoms with Crippen LogP contribution in [0.3, 0.4) is 0 Å². The van der Waals surface area contributed by atoms with Crippen LogP contribution in [0, 0.1) is 0 Å². The highest BCUT2D eigenvalue weighted by Gasteiger charge is 2.17. The zero-order valence-electron chi connectivity index (χ0n) is 13.3. The standard InChI is InChI=1S/C20H19NO3/c22-17(11-9-16-10-12-20(23)21-16)13-15-5-4-8-19(14-15)24-18-6-2-1-3-7-18/h1-9,11,14,16H,10,12-13H2,(H,21,23)/t16-/m0/s1. The van der Waals surface area contributed by atoms with Crippen molar-refractivity contribution < 1.29 is 14.3 Å². The molecule has 1 heterocycles. The van der Waals surface area contributed by atoms with E-state index in [4.69, 9.17) is 4.74 Å². The van der Waals surface area contributed by atoms with E-state index in [2.05, 4.69) is 5.32 Å². The fourth-order valence-corrected chi connectivity index (χ4v) is 2.61. The molecule has 0 aliphatic carbocycles. The molecule has 4 heteroatoms. The molecule has 0 aromatic heterocycles. The predicted molar refractivity (Wildman–Crippen MR) is 92.0 cm³/mol. The molecule has 0 radical (unpaired) electrons. The van der Waals surface area contributed by atoms with Gasteiger partial charge in [0.05, 0.1) is 0 Å². The molecular weight excluding hydrogens is 302 g/mol. The van der Waals surface area contributed by atoms with E-state index < -0.39 is 0 Å². The molecule has 1 N–H and O–H groups in total. The highest BCUT2D eigenvalue weighted by Crippen LogP contribution is 2.22. The number of para-hydroxylation sites is 1. The molecule has 3 rings (SSSR count). The number of nitrogens with one attached hydrogen (secondary N) is 1. The molecule has 1 fully saturated rings. The summed E-state index contributed by atoms with van der Waals surface area (Å²) in [6.07, 6.45) is 4.92. The molecule has 24 heavy (non-hydrogen) atoms. The van der Waals surface area contributed by atoms with Crippen molar-refractivity contribution in [3.05, 3.63) is 72.3 Å². The number of carbonyl (C=O) groups excluding carboxylic acids is 2. The van der Waals surface area contributed by atoms with Crippen molar-refractivity contribution in [1.29, 1.82) is 0 Å². The molecule has 1 atom stereocenters. The lowest BCUT2D eigenvalue weighted by Gasteiger charge is -2.07. The van der Waals surface area contributed by atoms with Crippen molar-refractivity contribution in [3.63, 3.8) is 0 Å². The maximum Gasteiger partial charge on any atom is 0.220 e. The number of benzene rings is 2. The van der Waals surface area contributed by atoms with Crippen LogP contribution in [0.2, 0.25) is 0 Å². The normalized spacial score (nSPS) is 17.0. The van der Waals surface area contributed by atoms with Gasteiger partial charge in [-0.25, -0.2) is 0 Å². The summed E-state index contributed by atoms with van der Waals surface area (Å²) in [5.41, 5.74) is 0.897. The molecule has 1 aliphatic rings. The van der Waals surface area contributed by atoms with Gasteiger partial charge in [0.25, 0.3) is 0 Å². The van der Waals surface area contributed by atoms with Crippen LogP contribution in [-0.4, -0.2) is 17.7 Å². The number of hydrogen-bond acceptors (Lipinski definition) is 3. The van der Waals surface area contributed by atoms with Crippen molar-refractivity contribution in [2.45, 2.75) is 25.3 Å². The van der Waals surface area contributed by atoms with Gasteiger partial charge in [-0.05, 0) is 42.3 Å². The summed E-state index contributed by atoms with van der Waals surface area (Å²) < 4.78 is 5.78. The molecule has 1 aliphatic heterocycles. The van der Waals surface area contributed by atoms with Crippen LogP contribution in [0.25, 0.3) is 0 Å². The summed E-state index contributed by atoms with van der Waals surface area (Å²) in [5, 5.41) is 2.81. The Hall–Kier alpha value is -2.88. The van der Waals surface area contributed by atoms with E-state index in [-0.39, 0.29) is 17.7 Å². The molecule has 0 saturated carbocycles. The SMILES string of the molecule is O=C(C=C[C@H]1CCC(=O)N1)Cc1cccc(Oc2ccccc2)c1. The lowest BCUT2D eigenvalue weighted by Crippen LogP contribution is -2.23. The minimum absolute atomic E-state index is 0.00742. The van der Waals surface area contributed by atoms with Crippen LogP contribution in [0.4, 0.5) is 0 Å². The van der Waals surface area contributed by atoms with Gasteiger partial charge in [0.2, 0.25) is 5.91 Å². The molecular formula is C20H19NO3. The smallest absolute Gasteiger partial charge is 0.220 e. The lowest BCUT2D eigenvalue weighted by molar-refractivity contribution is -0.119. The Morgan fingerprint density at radius 3 is 2.67 bits per heavy atom. The molecule has 0 unspecified atom stereocenters. The first-order chi connectivity index (χ1) is 11.7. The number of rotatable bonds is 6. The maximum absolute atomic E-state index is 12.1. The van der Waals surface area contributed by atoms with Crippen molar-refractivity contribution in [2.75, 3.05) is 0 Å². The quantitative estimate of drug-likeness (QED) is 0.829. The number of carbonyl (C=O) groups is 2. The van der Waals surface area contributed by atoms with Crippen LogP contribution in [-0.2, 0) is 16.0 Å². The largest absolute Gasteiger partial charge is 0.457 e. The summed E-state index contributed by atoms with van der Waals surface area (Å²) in [6.45, 7) is 0. The van der Waals surface area contributed by atoms with Crippen LogP contribution >= 0.6 is 0 Å². The maximum atomic E-state index is 12.1. The lowest BCUT2D eigenvalue weighted by atomic mass is 10.1. The van der Waals surface area contributed by atoms with Crippen LogP contribution in [0.1, 0.15) is 18.4 Å². The van der Waals surface area contributed by atoms with E-state index in [9.17, 15) is 9.59 Å². The Kier molecular flexibility index (Phi) is 5.06. The van der Waals surface area contributed by atoms with E-state index in [1.54, 1.807) is 12.2 Å². The first kappa shape index (κ1) is 16.0. The zero-order valence-corrected chi connectivity index (χ0v) is 13.3. The van der Waals surface area contributed by atoms with E-state index >= 15 is 0 Å². The Balaban J connectivity index is 1.59. The van der Waals surface area contributed by atoms with Gasteiger partial charge >= 0.3 is 0 Å². The minimum atomic E-state index is -0.0193. The molecule has 2 aromatic carbocycles. The Morgan fingerprint density at radius 1 is 1.12 bits per heavy atom. The highest BCUT2D eigenvalue weighted by atomic mass is 16.5. The second-order valence-electron chi connectivity index (χ2n) is 5.78. The third-order valence-corrected chi connectivity index (χ3v) is 3.80. The second kappa shape index (κ2) is 7.59. The third kappa shape index (κ3) is 4.56. The van der Waals surface area contributed by atoms with Gasteiger partial charge in [0.1, 0.15) is 11.5 Å². The third-order valence-electron chi connectivity index (χ3n) is 3.80. The van der Waals surface area contributed by atoms with Crippen LogP contribution in [0.5, 0.6) is 11.5 Å². The molecule has 1 saturated heterocycles. The van der Waals surface area contributed by atoms with E-state index in [0.717, 1.165) is 17.7 Å². The van der Waals surface area contributed by atoms with Crippen molar-refractivity contribution in [1.82, 2.24) is 5.32 Å². The van der Waals surface area contributed by atoms with Crippen molar-refractivity contribution in [2.24, 2.45) is 0 Å². The second-order valence-corrected chi connectivity index (χ2v) is 5.78. The van der Waals surface area contributed by atoms with Gasteiger partial charge in [0.15, 0.2) is 5.78 Å². The van der Waals surface area contributed by atoms with Crippen LogP contribution in [0.15, 0.2) is 66.7 Å². The number of allylic oxidation sites excluding steroid dienone is 1. The van der Waals surface area contributed by atoms with E-state index in [1.807, 2.05) is 54.6 Å². The predicted octanol–water partition coefficient (Wildman–Crippen LogP) is 3.43. The van der Waals surface area contributed by atoms with E-state index in [1.165, 1.54) is 0 Å². The summed E-state index contributed by atoms with van der Waals surface area (Å²) in [4.78, 5) is 23.2. The molecule has 4 nitrogen and oxygen atoms in total. The minimum Gasteiger partial charge on any atom is -0.457 e. The Morgan fingerprint density at radius 2 is 1.92 bits per heavy atom. The fraction of sp³-hybridized carbons (Fsp3) is 0.200. The number of ether oxygens (including phenoxy) is 1. The van der Waals surface area contributed by atoms with Gasteiger partial charge in [-0.1, -0.05) is 36.4 Å². The first-order valence-electron chi connectivity index (χ1n) is 8.01. The van der Waals surface area contributed by atoms with Crippen LogP contribution < -0.4 is 10.1 Å². The fourth-order valence-electron chi connectivity index (χ4n) is 2.61. The Labute approximate surface area is 141 Å².